The Morgan fingerprint density at radius 2 is 0.700 bits per heavy atom. The van der Waals surface area contributed by atoms with Gasteiger partial charge in [0.15, 0.2) is 0 Å². The van der Waals surface area contributed by atoms with Crippen LogP contribution in [0.3, 0.4) is 0 Å². The molecule has 0 bridgehead atoms. The van der Waals surface area contributed by atoms with E-state index in [2.05, 4.69) is 197 Å². The Bertz CT molecular complexity index is 3300. The Balaban J connectivity index is 1.46. The van der Waals surface area contributed by atoms with Crippen LogP contribution in [0.2, 0.25) is 0 Å². The van der Waals surface area contributed by atoms with Crippen molar-refractivity contribution < 1.29 is 4.42 Å². The molecule has 0 saturated carbocycles. The number of furan rings is 1. The second-order valence-corrected chi connectivity index (χ2v) is 18.0. The van der Waals surface area contributed by atoms with Crippen LogP contribution < -0.4 is 81.9 Å². The first-order chi connectivity index (χ1) is 28.6. The molecule has 0 saturated heterocycles. The van der Waals surface area contributed by atoms with Crippen LogP contribution in [0.25, 0.3) is 88.0 Å². The molecule has 0 unspecified atom stereocenters. The molecule has 60 heavy (non-hydrogen) atoms. The maximum Gasteiger partial charge on any atom is 0.143 e. The lowest BCUT2D eigenvalue weighted by Gasteiger charge is -2.25. The lowest BCUT2D eigenvalue weighted by Crippen LogP contribution is -2.55. The highest BCUT2D eigenvalue weighted by molar-refractivity contribution is 6.71. The van der Waals surface area contributed by atoms with E-state index < -0.39 is 0 Å². The standard InChI is InChI=1S/C44H43B15O/c45-29-23(30(46)36(52)41(57)35(29)51)14-11-12-17-21(13-14)26(28-33(49)39(55)43(59)40(56)34(28)50)16-6-2-1-5-15(16)24(17)18-7-4-10-22-25(18)19-8-3-9-20(44(19)60-22)27-31(47)37(53)42(58)38(54)32(27)48/h1-13H,45-59H2. The van der Waals surface area contributed by atoms with E-state index in [4.69, 9.17) is 4.42 Å². The van der Waals surface area contributed by atoms with Crippen LogP contribution in [0, 0.1) is 0 Å². The van der Waals surface area contributed by atoms with Gasteiger partial charge in [-0.15, -0.1) is 49.2 Å². The van der Waals surface area contributed by atoms with Crippen LogP contribution in [-0.2, 0) is 0 Å². The fraction of sp³-hybridized carbons (Fsp3) is 0. The van der Waals surface area contributed by atoms with E-state index in [9.17, 15) is 0 Å². The molecule has 9 rings (SSSR count). The average molecular weight is 750 g/mol. The van der Waals surface area contributed by atoms with Crippen LogP contribution in [0.1, 0.15) is 0 Å². The normalized spacial score (nSPS) is 11.7. The molecule has 0 atom stereocenters. The van der Waals surface area contributed by atoms with Crippen LogP contribution in [0.15, 0.2) is 83.3 Å². The Hall–Kier alpha value is -4.95. The van der Waals surface area contributed by atoms with E-state index >= 15 is 0 Å². The number of rotatable bonds is 4. The fourth-order valence-electron chi connectivity index (χ4n) is 10.9. The molecule has 0 aliphatic carbocycles. The molecule has 0 aliphatic rings. The van der Waals surface area contributed by atoms with Crippen molar-refractivity contribution in [2.75, 3.05) is 0 Å². The molecule has 0 spiro atoms. The second kappa shape index (κ2) is 14.6. The van der Waals surface area contributed by atoms with E-state index in [1.54, 1.807) is 0 Å². The van der Waals surface area contributed by atoms with Gasteiger partial charge in [-0.2, -0.15) is 0 Å². The van der Waals surface area contributed by atoms with Gasteiger partial charge < -0.3 is 4.42 Å². The zero-order chi connectivity index (χ0) is 42.8. The lowest BCUT2D eigenvalue weighted by molar-refractivity contribution is 0.670. The van der Waals surface area contributed by atoms with Crippen molar-refractivity contribution in [3.63, 3.8) is 0 Å². The molecule has 16 heteroatoms. The molecule has 0 radical (unpaired) electrons. The van der Waals surface area contributed by atoms with Crippen LogP contribution in [0.4, 0.5) is 0 Å². The maximum atomic E-state index is 7.04. The van der Waals surface area contributed by atoms with Gasteiger partial charge in [-0.1, -0.05) is 99.5 Å². The van der Waals surface area contributed by atoms with E-state index in [1.165, 1.54) is 148 Å². The smallest absolute Gasteiger partial charge is 0.143 e. The first kappa shape index (κ1) is 40.5. The Kier molecular flexibility index (Phi) is 9.85. The van der Waals surface area contributed by atoms with Crippen molar-refractivity contribution in [2.24, 2.45) is 0 Å². The van der Waals surface area contributed by atoms with E-state index in [0.29, 0.717) is 0 Å². The van der Waals surface area contributed by atoms with Crippen LogP contribution >= 0.6 is 0 Å². The van der Waals surface area contributed by atoms with Crippen LogP contribution in [0.5, 0.6) is 0 Å². The van der Waals surface area contributed by atoms with Gasteiger partial charge in [-0.25, -0.2) is 0 Å². The van der Waals surface area contributed by atoms with Gasteiger partial charge in [0, 0.05) is 16.3 Å². The summed E-state index contributed by atoms with van der Waals surface area (Å²) in [6, 6.07) is 29.9. The first-order valence-electron chi connectivity index (χ1n) is 21.7. The number of benzene rings is 8. The molecule has 8 aromatic carbocycles. The second-order valence-electron chi connectivity index (χ2n) is 18.0. The van der Waals surface area contributed by atoms with Gasteiger partial charge >= 0.3 is 0 Å². The molecule has 1 nitrogen and oxygen atoms in total. The number of fused-ring (bicyclic) bond motifs is 5. The van der Waals surface area contributed by atoms with Gasteiger partial charge in [0.25, 0.3) is 0 Å². The quantitative estimate of drug-likeness (QED) is 0.129. The van der Waals surface area contributed by atoms with Gasteiger partial charge in [0.1, 0.15) is 129 Å². The van der Waals surface area contributed by atoms with Crippen molar-refractivity contribution in [2.45, 2.75) is 0 Å². The number of hydrogen-bond donors (Lipinski definition) is 0. The highest BCUT2D eigenvalue weighted by atomic mass is 16.3. The van der Waals surface area contributed by atoms with Gasteiger partial charge in [-0.3, -0.25) is 0 Å². The number of hydrogen-bond acceptors (Lipinski definition) is 1. The third-order valence-electron chi connectivity index (χ3n) is 15.6. The monoisotopic (exact) mass is 752 g/mol. The molecular weight excluding hydrogens is 707 g/mol. The lowest BCUT2D eigenvalue weighted by atomic mass is 9.59. The summed E-state index contributed by atoms with van der Waals surface area (Å²) in [5, 5.41) is 7.39. The highest BCUT2D eigenvalue weighted by Gasteiger charge is 2.25. The number of para-hydroxylation sites is 1. The van der Waals surface area contributed by atoms with Crippen LogP contribution in [-0.4, -0.2) is 118 Å². The molecule has 9 aromatic rings. The first-order valence-corrected chi connectivity index (χ1v) is 21.7. The predicted molar refractivity (Wildman–Crippen MR) is 313 cm³/mol. The summed E-state index contributed by atoms with van der Waals surface area (Å²) >= 11 is 0. The fourth-order valence-corrected chi connectivity index (χ4v) is 10.9. The minimum absolute atomic E-state index is 0.914. The van der Waals surface area contributed by atoms with Gasteiger partial charge in [-0.05, 0) is 72.6 Å². The largest absolute Gasteiger partial charge is 0.455 e. The van der Waals surface area contributed by atoms with Crippen molar-refractivity contribution in [3.8, 4) is 44.5 Å². The Morgan fingerprint density at radius 1 is 0.283 bits per heavy atom. The molecule has 1 heterocycles. The van der Waals surface area contributed by atoms with Gasteiger partial charge in [0.2, 0.25) is 0 Å². The summed E-state index contributed by atoms with van der Waals surface area (Å²) in [6.07, 6.45) is 0. The zero-order valence-electron chi connectivity index (χ0n) is 38.4. The summed E-state index contributed by atoms with van der Waals surface area (Å²) in [5.74, 6) is 0. The minimum Gasteiger partial charge on any atom is -0.455 e. The van der Waals surface area contributed by atoms with Crippen molar-refractivity contribution in [1.29, 1.82) is 0 Å². The van der Waals surface area contributed by atoms with Crippen molar-refractivity contribution in [1.82, 2.24) is 0 Å². The molecule has 0 aliphatic heterocycles. The van der Waals surface area contributed by atoms with E-state index in [0.717, 1.165) is 22.1 Å². The van der Waals surface area contributed by atoms with E-state index in [-0.39, 0.29) is 0 Å². The highest BCUT2D eigenvalue weighted by Crippen LogP contribution is 2.47. The zero-order valence-corrected chi connectivity index (χ0v) is 38.4. The summed E-state index contributed by atoms with van der Waals surface area (Å²) in [6.45, 7) is 0. The predicted octanol–water partition coefficient (Wildman–Crippen LogP) is -13.6. The summed E-state index contributed by atoms with van der Waals surface area (Å²) in [7, 11) is 34.3. The summed E-state index contributed by atoms with van der Waals surface area (Å²) < 4.78 is 7.04. The molecule has 1 aromatic heterocycles. The third kappa shape index (κ3) is 5.68. The van der Waals surface area contributed by atoms with Crippen molar-refractivity contribution >= 4 is 243 Å². The van der Waals surface area contributed by atoms with E-state index in [1.807, 2.05) is 0 Å². The molecule has 0 amide bonds. The topological polar surface area (TPSA) is 13.1 Å². The molecule has 0 fully saturated rings. The Morgan fingerprint density at radius 3 is 1.25 bits per heavy atom. The average Bonchev–Trinajstić information content (AvgIpc) is 3.65. The van der Waals surface area contributed by atoms with Crippen molar-refractivity contribution in [3.05, 3.63) is 78.9 Å². The summed E-state index contributed by atoms with van der Waals surface area (Å²) in [4.78, 5) is 0. The van der Waals surface area contributed by atoms with Gasteiger partial charge in [0.05, 0.1) is 0 Å². The molecule has 0 N–H and O–H groups in total. The molecule has 270 valence electrons. The minimum atomic E-state index is 0.914. The maximum absolute atomic E-state index is 7.04. The SMILES string of the molecule is Bc1c(B)c(B)c(-c2ccc3c(-c4cccc5oc6c(-c7c(B)c(B)c(B)c(B)c7B)cccc6c45)c4ccccc4c(-c4c(B)c(B)c(B)c(B)c4B)c3c2)c(B)c1B. The third-order valence-corrected chi connectivity index (χ3v) is 15.6. The molecular formula is C44H43B15O. The summed E-state index contributed by atoms with van der Waals surface area (Å²) in [5.41, 5.74) is 32.5. The Labute approximate surface area is 368 Å².